The van der Waals surface area contributed by atoms with E-state index in [1.807, 2.05) is 24.0 Å². The predicted molar refractivity (Wildman–Crippen MR) is 177 cm³/mol. The number of aromatic nitrogens is 4. The summed E-state index contributed by atoms with van der Waals surface area (Å²) < 4.78 is 72.2. The van der Waals surface area contributed by atoms with Gasteiger partial charge in [0.05, 0.1) is 18.1 Å². The molecule has 3 heterocycles. The third kappa shape index (κ3) is 8.71. The van der Waals surface area contributed by atoms with Gasteiger partial charge in [0.15, 0.2) is 0 Å². The summed E-state index contributed by atoms with van der Waals surface area (Å²) in [6, 6.07) is 25.7. The standard InChI is InChI=1S/C35H37N4O.F6P/c1-34(2,3)24-14-15-36-33(20-24)39-31-11-9-8-10-29(31)30-13-12-27(22-32(30)39)40-28-19-25(35(4,5)6)18-26(21-28)38-17-16-37(7)23-38;1-7(2,3,4,5)6/h8-23H,1-7H3;/q+1;-1. The van der Waals surface area contributed by atoms with E-state index in [0.29, 0.717) is 0 Å². The van der Waals surface area contributed by atoms with Crippen LogP contribution in [0.2, 0.25) is 0 Å². The van der Waals surface area contributed by atoms with Gasteiger partial charge in [-0.15, -0.1) is 0 Å². The molecule has 0 unspecified atom stereocenters. The van der Waals surface area contributed by atoms with Crippen molar-refractivity contribution in [2.75, 3.05) is 0 Å². The fourth-order valence-electron chi connectivity index (χ4n) is 5.23. The van der Waals surface area contributed by atoms with Crippen LogP contribution in [-0.4, -0.2) is 14.1 Å². The van der Waals surface area contributed by atoms with Crippen LogP contribution in [-0.2, 0) is 17.9 Å². The van der Waals surface area contributed by atoms with Crippen LogP contribution in [0.25, 0.3) is 33.3 Å². The zero-order valence-electron chi connectivity index (χ0n) is 27.1. The maximum atomic E-state index is 9.87. The molecule has 47 heavy (non-hydrogen) atoms. The molecule has 0 saturated heterocycles. The summed E-state index contributed by atoms with van der Waals surface area (Å²) in [6.45, 7) is 13.4. The van der Waals surface area contributed by atoms with Crippen LogP contribution in [0.15, 0.2) is 97.7 Å². The van der Waals surface area contributed by atoms with Gasteiger partial charge in [0, 0.05) is 29.1 Å². The van der Waals surface area contributed by atoms with E-state index >= 15 is 0 Å². The molecular formula is C35H37F6N4OP. The molecule has 3 aromatic heterocycles. The van der Waals surface area contributed by atoms with Gasteiger partial charge in [-0.1, -0.05) is 59.7 Å². The van der Waals surface area contributed by atoms with E-state index in [4.69, 9.17) is 9.72 Å². The van der Waals surface area contributed by atoms with Crippen LogP contribution in [0.5, 0.6) is 11.5 Å². The minimum absolute atomic E-state index is 0.0242. The molecule has 0 aliphatic rings. The van der Waals surface area contributed by atoms with E-state index < -0.39 is 7.81 Å². The summed E-state index contributed by atoms with van der Waals surface area (Å²) in [5.74, 6) is 2.51. The Labute approximate surface area is 269 Å². The average Bonchev–Trinajstić information content (AvgIpc) is 3.51. The predicted octanol–water partition coefficient (Wildman–Crippen LogP) is 11.6. The van der Waals surface area contributed by atoms with Crippen LogP contribution < -0.4 is 9.30 Å². The second-order valence-electron chi connectivity index (χ2n) is 13.7. The number of benzene rings is 3. The normalized spacial score (nSPS) is 14.0. The maximum absolute atomic E-state index is 10.7. The Hall–Kier alpha value is -4.37. The number of hydrogen-bond donors (Lipinski definition) is 0. The first kappa shape index (κ1) is 34.0. The van der Waals surface area contributed by atoms with Crippen molar-refractivity contribution in [1.29, 1.82) is 0 Å². The van der Waals surface area contributed by atoms with Crippen LogP contribution in [0.3, 0.4) is 0 Å². The molecule has 5 nitrogen and oxygen atoms in total. The fourth-order valence-corrected chi connectivity index (χ4v) is 5.23. The molecule has 0 atom stereocenters. The Morgan fingerprint density at radius 2 is 1.34 bits per heavy atom. The number of aryl methyl sites for hydroxylation is 1. The van der Waals surface area contributed by atoms with Crippen molar-refractivity contribution in [3.8, 4) is 23.0 Å². The fraction of sp³-hybridized carbons (Fsp3) is 0.257. The average molecular weight is 675 g/mol. The topological polar surface area (TPSA) is 35.9 Å². The number of imidazole rings is 1. The van der Waals surface area contributed by atoms with Crippen molar-refractivity contribution in [1.82, 2.24) is 14.1 Å². The molecule has 0 bridgehead atoms. The Kier molecular flexibility index (Phi) is 7.84. The van der Waals surface area contributed by atoms with Crippen LogP contribution >= 0.6 is 7.81 Å². The molecule has 0 aliphatic carbocycles. The molecular weight excluding hydrogens is 637 g/mol. The van der Waals surface area contributed by atoms with Gasteiger partial charge in [0.25, 0.3) is 0 Å². The molecule has 12 heteroatoms. The van der Waals surface area contributed by atoms with Gasteiger partial charge in [-0.25, -0.2) is 14.1 Å². The van der Waals surface area contributed by atoms with E-state index in [9.17, 15) is 25.2 Å². The molecule has 6 aromatic rings. The Morgan fingerprint density at radius 3 is 1.96 bits per heavy atom. The van der Waals surface area contributed by atoms with E-state index in [1.54, 1.807) is 0 Å². The Morgan fingerprint density at radius 1 is 0.702 bits per heavy atom. The molecule has 0 saturated carbocycles. The van der Waals surface area contributed by atoms with Crippen molar-refractivity contribution < 1.29 is 34.5 Å². The first-order valence-electron chi connectivity index (χ1n) is 14.9. The monoisotopic (exact) mass is 674 g/mol. The Balaban J connectivity index is 0.000000559. The van der Waals surface area contributed by atoms with Gasteiger partial charge < -0.3 is 4.74 Å². The first-order valence-corrected chi connectivity index (χ1v) is 16.9. The number of para-hydroxylation sites is 1. The molecule has 0 fully saturated rings. The number of fused-ring (bicyclic) bond motifs is 3. The zero-order valence-corrected chi connectivity index (χ0v) is 28.0. The van der Waals surface area contributed by atoms with Gasteiger partial charge in [-0.05, 0) is 64.4 Å². The Bertz CT molecular complexity index is 2090. The minimum atomic E-state index is -10.7. The van der Waals surface area contributed by atoms with E-state index in [0.717, 1.165) is 34.0 Å². The number of rotatable bonds is 4. The molecule has 0 radical (unpaired) electrons. The van der Waals surface area contributed by atoms with Gasteiger partial charge in [0.1, 0.15) is 35.4 Å². The molecule has 0 aliphatic heterocycles. The first-order chi connectivity index (χ1) is 21.4. The summed E-state index contributed by atoms with van der Waals surface area (Å²) in [7, 11) is -8.63. The third-order valence-corrected chi connectivity index (χ3v) is 7.55. The quantitative estimate of drug-likeness (QED) is 0.106. The van der Waals surface area contributed by atoms with Crippen LogP contribution in [0, 0.1) is 0 Å². The van der Waals surface area contributed by atoms with Crippen molar-refractivity contribution >= 4 is 29.6 Å². The summed E-state index contributed by atoms with van der Waals surface area (Å²) in [4.78, 5) is 4.81. The number of nitrogens with zero attached hydrogens (tertiary/aromatic N) is 4. The number of pyridine rings is 1. The number of halogens is 6. The molecule has 250 valence electrons. The van der Waals surface area contributed by atoms with Crippen molar-refractivity contribution in [2.45, 2.75) is 52.4 Å². The van der Waals surface area contributed by atoms with Gasteiger partial charge in [0.2, 0.25) is 6.33 Å². The van der Waals surface area contributed by atoms with Gasteiger partial charge in [-0.3, -0.25) is 4.57 Å². The van der Waals surface area contributed by atoms with E-state index in [2.05, 4.69) is 136 Å². The molecule has 3 aromatic carbocycles. The van der Waals surface area contributed by atoms with Crippen molar-refractivity contribution in [3.63, 3.8) is 0 Å². The summed E-state index contributed by atoms with van der Waals surface area (Å²) in [5, 5.41) is 2.37. The van der Waals surface area contributed by atoms with Crippen LogP contribution in [0.4, 0.5) is 25.2 Å². The molecule has 6 rings (SSSR count). The summed E-state index contributed by atoms with van der Waals surface area (Å²) in [6.07, 6.45) is 8.08. The van der Waals surface area contributed by atoms with Crippen LogP contribution in [0.1, 0.15) is 52.7 Å². The third-order valence-electron chi connectivity index (χ3n) is 7.55. The second kappa shape index (κ2) is 10.8. The second-order valence-corrected chi connectivity index (χ2v) is 15.6. The van der Waals surface area contributed by atoms with E-state index in [-0.39, 0.29) is 10.8 Å². The SMILES string of the molecule is C[n+]1ccn(-c2cc(Oc3ccc4c5ccccc5n(-c5cc(C(C)(C)C)ccn5)c4c3)cc(C(C)(C)C)c2)c1.F[P-](F)(F)(F)(F)F. The number of ether oxygens (including phenoxy) is 1. The van der Waals surface area contributed by atoms with Gasteiger partial charge >= 0.3 is 33.0 Å². The molecule has 0 amide bonds. The van der Waals surface area contributed by atoms with E-state index in [1.165, 1.54) is 21.9 Å². The summed E-state index contributed by atoms with van der Waals surface area (Å²) in [5.41, 5.74) is 5.74. The van der Waals surface area contributed by atoms with Crippen molar-refractivity contribution in [3.05, 3.63) is 109 Å². The van der Waals surface area contributed by atoms with Gasteiger partial charge in [-0.2, -0.15) is 0 Å². The molecule has 0 spiro atoms. The number of hydrogen-bond acceptors (Lipinski definition) is 2. The molecule has 0 N–H and O–H groups in total. The zero-order chi connectivity index (χ0) is 34.6. The summed E-state index contributed by atoms with van der Waals surface area (Å²) >= 11 is 0. The van der Waals surface area contributed by atoms with Crippen molar-refractivity contribution in [2.24, 2.45) is 7.05 Å².